The number of fused-ring (bicyclic) bond motifs is 1. The minimum Gasteiger partial charge on any atom is -0.454 e. The van der Waals surface area contributed by atoms with E-state index in [2.05, 4.69) is 5.32 Å². The molecule has 0 radical (unpaired) electrons. The largest absolute Gasteiger partial charge is 0.454 e. The van der Waals surface area contributed by atoms with Crippen LogP contribution in [0.15, 0.2) is 41.1 Å². The van der Waals surface area contributed by atoms with Crippen LogP contribution in [0.4, 0.5) is 5.69 Å². The van der Waals surface area contributed by atoms with Gasteiger partial charge in [0.25, 0.3) is 0 Å². The Morgan fingerprint density at radius 3 is 2.92 bits per heavy atom. The van der Waals surface area contributed by atoms with E-state index in [9.17, 15) is 14.4 Å². The van der Waals surface area contributed by atoms with Crippen LogP contribution in [0.1, 0.15) is 27.9 Å². The first-order valence-electron chi connectivity index (χ1n) is 7.45. The van der Waals surface area contributed by atoms with E-state index in [1.54, 1.807) is 24.3 Å². The Balaban J connectivity index is 1.57. The number of esters is 1. The van der Waals surface area contributed by atoms with Crippen molar-refractivity contribution in [1.82, 2.24) is 0 Å². The Bertz CT molecular complexity index is 808. The van der Waals surface area contributed by atoms with Crippen molar-refractivity contribution in [2.24, 2.45) is 0 Å². The number of ether oxygens (including phenoxy) is 1. The van der Waals surface area contributed by atoms with Gasteiger partial charge in [-0.15, -0.1) is 0 Å². The summed E-state index contributed by atoms with van der Waals surface area (Å²) >= 11 is 1.53. The fourth-order valence-electron chi connectivity index (χ4n) is 2.36. The van der Waals surface area contributed by atoms with Crippen LogP contribution in [-0.4, -0.2) is 24.3 Å². The van der Waals surface area contributed by atoms with Crippen molar-refractivity contribution in [1.29, 1.82) is 0 Å². The first kappa shape index (κ1) is 16.1. The lowest BCUT2D eigenvalue weighted by Crippen LogP contribution is -2.20. The summed E-state index contributed by atoms with van der Waals surface area (Å²) in [7, 11) is 0. The third kappa shape index (κ3) is 3.97. The molecule has 0 unspecified atom stereocenters. The van der Waals surface area contributed by atoms with Crippen LogP contribution in [0.25, 0.3) is 6.08 Å². The van der Waals surface area contributed by atoms with E-state index in [0.29, 0.717) is 18.4 Å². The van der Waals surface area contributed by atoms with Crippen molar-refractivity contribution in [3.05, 3.63) is 57.8 Å². The van der Waals surface area contributed by atoms with Crippen molar-refractivity contribution in [2.45, 2.75) is 12.8 Å². The number of aryl methyl sites for hydroxylation is 1. The number of amides is 1. The Morgan fingerprint density at radius 2 is 2.12 bits per heavy atom. The van der Waals surface area contributed by atoms with Gasteiger partial charge < -0.3 is 10.1 Å². The van der Waals surface area contributed by atoms with E-state index in [1.165, 1.54) is 17.4 Å². The second-order valence-corrected chi connectivity index (χ2v) is 6.12. The fourth-order valence-corrected chi connectivity index (χ4v) is 2.99. The second-order valence-electron chi connectivity index (χ2n) is 5.34. The van der Waals surface area contributed by atoms with Gasteiger partial charge in [-0.2, -0.15) is 11.3 Å². The van der Waals surface area contributed by atoms with Crippen LogP contribution in [0.5, 0.6) is 0 Å². The number of thiophene rings is 1. The van der Waals surface area contributed by atoms with Crippen molar-refractivity contribution in [3.8, 4) is 0 Å². The van der Waals surface area contributed by atoms with Gasteiger partial charge in [-0.05, 0) is 58.6 Å². The molecule has 0 saturated carbocycles. The molecule has 3 rings (SSSR count). The summed E-state index contributed by atoms with van der Waals surface area (Å²) in [5.74, 6) is -0.848. The molecule has 24 heavy (non-hydrogen) atoms. The molecule has 1 aliphatic heterocycles. The number of hydrogen-bond donors (Lipinski definition) is 1. The molecule has 1 aliphatic rings. The summed E-state index contributed by atoms with van der Waals surface area (Å²) in [5.41, 5.74) is 3.04. The maximum atomic E-state index is 12.1. The highest BCUT2D eigenvalue weighted by Gasteiger charge is 2.17. The number of carbonyl (C=O) groups excluding carboxylic acids is 3. The summed E-state index contributed by atoms with van der Waals surface area (Å²) < 4.78 is 4.98. The second kappa shape index (κ2) is 7.23. The van der Waals surface area contributed by atoms with E-state index >= 15 is 0 Å². The predicted molar refractivity (Wildman–Crippen MR) is 92.0 cm³/mol. The molecule has 5 nitrogen and oxygen atoms in total. The minimum absolute atomic E-state index is 0.0204. The highest BCUT2D eigenvalue weighted by molar-refractivity contribution is 7.08. The van der Waals surface area contributed by atoms with Crippen LogP contribution in [0, 0.1) is 0 Å². The zero-order valence-corrected chi connectivity index (χ0v) is 13.6. The lowest BCUT2D eigenvalue weighted by Gasteiger charge is -2.17. The molecular weight excluding hydrogens is 326 g/mol. The number of carbonyl (C=O) groups is 3. The third-order valence-corrected chi connectivity index (χ3v) is 4.32. The lowest BCUT2D eigenvalue weighted by molar-refractivity contribution is -0.136. The molecular formula is C18H15NO4S. The first-order chi connectivity index (χ1) is 11.6. The number of Topliss-reactive ketones (excluding diaryl/α,β-unsaturated/α-hetero) is 1. The summed E-state index contributed by atoms with van der Waals surface area (Å²) in [6.45, 7) is -0.308. The molecule has 0 saturated heterocycles. The fraction of sp³-hybridized carbons (Fsp3) is 0.167. The van der Waals surface area contributed by atoms with Gasteiger partial charge in [0.15, 0.2) is 12.4 Å². The Kier molecular flexibility index (Phi) is 4.86. The highest BCUT2D eigenvalue weighted by atomic mass is 32.1. The van der Waals surface area contributed by atoms with E-state index in [-0.39, 0.29) is 18.3 Å². The Labute approximate surface area is 143 Å². The van der Waals surface area contributed by atoms with Gasteiger partial charge in [0.1, 0.15) is 0 Å². The molecule has 0 bridgehead atoms. The Hall–Kier alpha value is -2.73. The molecule has 0 atom stereocenters. The summed E-state index contributed by atoms with van der Waals surface area (Å²) in [6.07, 6.45) is 3.96. The molecule has 1 amide bonds. The van der Waals surface area contributed by atoms with Gasteiger partial charge in [0.05, 0.1) is 0 Å². The molecule has 0 spiro atoms. The molecule has 0 fully saturated rings. The average molecular weight is 341 g/mol. The molecule has 2 aromatic rings. The van der Waals surface area contributed by atoms with Crippen molar-refractivity contribution in [3.63, 3.8) is 0 Å². The van der Waals surface area contributed by atoms with Crippen molar-refractivity contribution >= 4 is 40.8 Å². The zero-order chi connectivity index (χ0) is 16.9. The SMILES string of the molecule is O=C1CCc2cc(C(=O)COC(=O)/C=C/c3ccsc3)ccc2N1. The molecule has 2 heterocycles. The average Bonchev–Trinajstić information content (AvgIpc) is 3.11. The predicted octanol–water partition coefficient (Wildman–Crippen LogP) is 3.07. The molecule has 6 heteroatoms. The van der Waals surface area contributed by atoms with Gasteiger partial charge in [0.2, 0.25) is 5.91 Å². The number of rotatable bonds is 5. The molecule has 1 N–H and O–H groups in total. The number of nitrogens with one attached hydrogen (secondary N) is 1. The van der Waals surface area contributed by atoms with Gasteiger partial charge in [0, 0.05) is 23.7 Å². The van der Waals surface area contributed by atoms with Gasteiger partial charge >= 0.3 is 5.97 Å². The van der Waals surface area contributed by atoms with Crippen LogP contribution < -0.4 is 5.32 Å². The van der Waals surface area contributed by atoms with Crippen LogP contribution in [0.3, 0.4) is 0 Å². The van der Waals surface area contributed by atoms with Crippen molar-refractivity contribution in [2.75, 3.05) is 11.9 Å². The Morgan fingerprint density at radius 1 is 1.25 bits per heavy atom. The lowest BCUT2D eigenvalue weighted by atomic mass is 9.99. The zero-order valence-electron chi connectivity index (χ0n) is 12.8. The summed E-state index contributed by atoms with van der Waals surface area (Å²) in [5, 5.41) is 6.58. The topological polar surface area (TPSA) is 72.5 Å². The van der Waals surface area contributed by atoms with Crippen LogP contribution in [-0.2, 0) is 20.7 Å². The maximum absolute atomic E-state index is 12.1. The number of benzene rings is 1. The maximum Gasteiger partial charge on any atom is 0.331 e. The first-order valence-corrected chi connectivity index (χ1v) is 8.39. The smallest absolute Gasteiger partial charge is 0.331 e. The van der Waals surface area contributed by atoms with Crippen LogP contribution in [0.2, 0.25) is 0 Å². The van der Waals surface area contributed by atoms with Gasteiger partial charge in [-0.3, -0.25) is 9.59 Å². The highest BCUT2D eigenvalue weighted by Crippen LogP contribution is 2.23. The van der Waals surface area contributed by atoms with Gasteiger partial charge in [-0.1, -0.05) is 0 Å². The number of anilines is 1. The standard InChI is InChI=1S/C18H15NO4S/c20-16(10-23-18(22)6-1-12-7-8-24-11-12)14-2-4-15-13(9-14)3-5-17(21)19-15/h1-2,4,6-9,11H,3,5,10H2,(H,19,21)/b6-1+. The summed E-state index contributed by atoms with van der Waals surface area (Å²) in [4.78, 5) is 35.1. The quantitative estimate of drug-likeness (QED) is 0.515. The molecule has 1 aromatic heterocycles. The van der Waals surface area contributed by atoms with E-state index in [4.69, 9.17) is 4.74 Å². The molecule has 122 valence electrons. The van der Waals surface area contributed by atoms with Gasteiger partial charge in [-0.25, -0.2) is 4.79 Å². The summed E-state index contributed by atoms with van der Waals surface area (Å²) in [6, 6.07) is 6.96. The molecule has 0 aliphatic carbocycles. The normalized spacial score (nSPS) is 13.4. The number of ketones is 1. The van der Waals surface area contributed by atoms with E-state index < -0.39 is 5.97 Å². The van der Waals surface area contributed by atoms with E-state index in [1.807, 2.05) is 16.8 Å². The molecule has 1 aromatic carbocycles. The minimum atomic E-state index is -0.556. The monoisotopic (exact) mass is 341 g/mol. The van der Waals surface area contributed by atoms with Crippen molar-refractivity contribution < 1.29 is 19.1 Å². The third-order valence-electron chi connectivity index (χ3n) is 3.62. The number of hydrogen-bond acceptors (Lipinski definition) is 5. The van der Waals surface area contributed by atoms with E-state index in [0.717, 1.165) is 16.8 Å². The van der Waals surface area contributed by atoms with Crippen LogP contribution >= 0.6 is 11.3 Å².